The highest BCUT2D eigenvalue weighted by atomic mass is 16.5. The molecule has 1 aliphatic heterocycles. The Balaban J connectivity index is 1.86. The molecule has 0 radical (unpaired) electrons. The molecule has 1 unspecified atom stereocenters. The molecule has 1 saturated heterocycles. The van der Waals surface area contributed by atoms with E-state index in [0.717, 1.165) is 56.1 Å². The van der Waals surface area contributed by atoms with Gasteiger partial charge < -0.3 is 15.6 Å². The average Bonchev–Trinajstić information content (AvgIpc) is 2.40. The molecule has 0 spiro atoms. The summed E-state index contributed by atoms with van der Waals surface area (Å²) in [5.41, 5.74) is 8.57. The predicted octanol–water partition coefficient (Wildman–Crippen LogP) is 1.33. The standard InChI is InChI=1S/C14H22N2O2/c1-11-2-3-12(10-13(11)15)14(17)4-5-16-6-8-18-9-7-16/h2-3,10,14,17H,4-9,15H2,1H3. The van der Waals surface area contributed by atoms with Gasteiger partial charge in [0.25, 0.3) is 0 Å². The Morgan fingerprint density at radius 1 is 1.39 bits per heavy atom. The first kappa shape index (κ1) is 13.3. The number of anilines is 1. The highest BCUT2D eigenvalue weighted by molar-refractivity contribution is 5.48. The summed E-state index contributed by atoms with van der Waals surface area (Å²) < 4.78 is 5.30. The molecule has 2 rings (SSSR count). The first-order chi connectivity index (χ1) is 8.66. The molecule has 3 N–H and O–H groups in total. The van der Waals surface area contributed by atoms with Crippen LogP contribution >= 0.6 is 0 Å². The second kappa shape index (κ2) is 6.18. The number of rotatable bonds is 4. The number of aryl methyl sites for hydroxylation is 1. The molecule has 1 heterocycles. The number of nitrogens with two attached hydrogens (primary N) is 1. The highest BCUT2D eigenvalue weighted by Gasteiger charge is 2.14. The zero-order valence-electron chi connectivity index (χ0n) is 10.9. The summed E-state index contributed by atoms with van der Waals surface area (Å²) in [6.45, 7) is 6.39. The Kier molecular flexibility index (Phi) is 4.58. The van der Waals surface area contributed by atoms with Crippen LogP contribution in [-0.4, -0.2) is 42.9 Å². The maximum Gasteiger partial charge on any atom is 0.0803 e. The number of nitrogen functional groups attached to an aromatic ring is 1. The van der Waals surface area contributed by atoms with Gasteiger partial charge in [-0.3, -0.25) is 4.90 Å². The van der Waals surface area contributed by atoms with Crippen LogP contribution in [0, 0.1) is 6.92 Å². The maximum atomic E-state index is 10.2. The SMILES string of the molecule is Cc1ccc(C(O)CCN2CCOCC2)cc1N. The van der Waals surface area contributed by atoms with E-state index in [1.165, 1.54) is 0 Å². The van der Waals surface area contributed by atoms with Crippen molar-refractivity contribution in [3.63, 3.8) is 0 Å². The topological polar surface area (TPSA) is 58.7 Å². The number of aliphatic hydroxyl groups is 1. The van der Waals surface area contributed by atoms with Crippen molar-refractivity contribution in [3.8, 4) is 0 Å². The van der Waals surface area contributed by atoms with Crippen molar-refractivity contribution in [2.75, 3.05) is 38.6 Å². The molecule has 0 bridgehead atoms. The molecule has 0 amide bonds. The fourth-order valence-electron chi connectivity index (χ4n) is 2.16. The summed E-state index contributed by atoms with van der Waals surface area (Å²) in [5, 5.41) is 10.2. The van der Waals surface area contributed by atoms with E-state index < -0.39 is 6.10 Å². The van der Waals surface area contributed by atoms with Crippen LogP contribution in [0.5, 0.6) is 0 Å². The summed E-state index contributed by atoms with van der Waals surface area (Å²) in [6, 6.07) is 5.79. The van der Waals surface area contributed by atoms with Gasteiger partial charge in [0.05, 0.1) is 19.3 Å². The molecule has 4 heteroatoms. The molecule has 0 saturated carbocycles. The van der Waals surface area contributed by atoms with Crippen LogP contribution in [0.3, 0.4) is 0 Å². The van der Waals surface area contributed by atoms with Gasteiger partial charge in [0.1, 0.15) is 0 Å². The first-order valence-corrected chi connectivity index (χ1v) is 6.51. The summed E-state index contributed by atoms with van der Waals surface area (Å²) in [4.78, 5) is 2.32. The van der Waals surface area contributed by atoms with Gasteiger partial charge in [-0.15, -0.1) is 0 Å². The second-order valence-corrected chi connectivity index (χ2v) is 4.87. The third-order valence-electron chi connectivity index (χ3n) is 3.51. The molecule has 0 aliphatic carbocycles. The molecule has 0 aromatic heterocycles. The van der Waals surface area contributed by atoms with Gasteiger partial charge >= 0.3 is 0 Å². The average molecular weight is 250 g/mol. The number of nitrogens with zero attached hydrogens (tertiary/aromatic N) is 1. The van der Waals surface area contributed by atoms with Crippen molar-refractivity contribution >= 4 is 5.69 Å². The van der Waals surface area contributed by atoms with Gasteiger partial charge in [0.2, 0.25) is 0 Å². The maximum absolute atomic E-state index is 10.2. The Hall–Kier alpha value is -1.10. The minimum atomic E-state index is -0.434. The molecule has 1 aromatic carbocycles. The fourth-order valence-corrected chi connectivity index (χ4v) is 2.16. The van der Waals surface area contributed by atoms with Crippen LogP contribution in [0.1, 0.15) is 23.7 Å². The molecular formula is C14H22N2O2. The molecule has 100 valence electrons. The molecule has 18 heavy (non-hydrogen) atoms. The summed E-state index contributed by atoms with van der Waals surface area (Å²) >= 11 is 0. The van der Waals surface area contributed by atoms with Gasteiger partial charge in [-0.05, 0) is 30.5 Å². The lowest BCUT2D eigenvalue weighted by atomic mass is 10.0. The number of ether oxygens (including phenoxy) is 1. The molecule has 1 aromatic rings. The quantitative estimate of drug-likeness (QED) is 0.792. The van der Waals surface area contributed by atoms with Gasteiger partial charge in [-0.2, -0.15) is 0 Å². The van der Waals surface area contributed by atoms with Crippen LogP contribution < -0.4 is 5.73 Å². The Bertz CT molecular complexity index is 389. The number of hydrogen-bond acceptors (Lipinski definition) is 4. The second-order valence-electron chi connectivity index (χ2n) is 4.87. The Morgan fingerprint density at radius 2 is 2.11 bits per heavy atom. The monoisotopic (exact) mass is 250 g/mol. The van der Waals surface area contributed by atoms with Crippen LogP contribution in [-0.2, 0) is 4.74 Å². The Labute approximate surface area is 108 Å². The lowest BCUT2D eigenvalue weighted by Crippen LogP contribution is -2.37. The summed E-state index contributed by atoms with van der Waals surface area (Å²) in [7, 11) is 0. The lowest BCUT2D eigenvalue weighted by molar-refractivity contribution is 0.0300. The van der Waals surface area contributed by atoms with Crippen molar-refractivity contribution in [3.05, 3.63) is 29.3 Å². The minimum Gasteiger partial charge on any atom is -0.399 e. The largest absolute Gasteiger partial charge is 0.399 e. The smallest absolute Gasteiger partial charge is 0.0803 e. The van der Waals surface area contributed by atoms with E-state index in [0.29, 0.717) is 0 Å². The molecule has 1 aliphatic rings. The van der Waals surface area contributed by atoms with Crippen LogP contribution in [0.2, 0.25) is 0 Å². The number of benzene rings is 1. The van der Waals surface area contributed by atoms with Crippen molar-refractivity contribution in [1.29, 1.82) is 0 Å². The van der Waals surface area contributed by atoms with Crippen molar-refractivity contribution in [2.45, 2.75) is 19.4 Å². The molecule has 1 atom stereocenters. The highest BCUT2D eigenvalue weighted by Crippen LogP contribution is 2.21. The van der Waals surface area contributed by atoms with Crippen molar-refractivity contribution in [1.82, 2.24) is 4.90 Å². The van der Waals surface area contributed by atoms with E-state index in [1.807, 2.05) is 25.1 Å². The van der Waals surface area contributed by atoms with Crippen LogP contribution in [0.15, 0.2) is 18.2 Å². The van der Waals surface area contributed by atoms with E-state index in [9.17, 15) is 5.11 Å². The van der Waals surface area contributed by atoms with Gasteiger partial charge in [0, 0.05) is 25.3 Å². The fraction of sp³-hybridized carbons (Fsp3) is 0.571. The van der Waals surface area contributed by atoms with E-state index in [4.69, 9.17) is 10.5 Å². The van der Waals surface area contributed by atoms with Gasteiger partial charge in [-0.25, -0.2) is 0 Å². The summed E-state index contributed by atoms with van der Waals surface area (Å²) in [6.07, 6.45) is 0.304. The number of morpholine rings is 1. The van der Waals surface area contributed by atoms with Gasteiger partial charge in [-0.1, -0.05) is 12.1 Å². The lowest BCUT2D eigenvalue weighted by Gasteiger charge is -2.27. The van der Waals surface area contributed by atoms with E-state index in [2.05, 4.69) is 4.90 Å². The van der Waals surface area contributed by atoms with E-state index in [1.54, 1.807) is 0 Å². The van der Waals surface area contributed by atoms with E-state index >= 15 is 0 Å². The normalized spacial score (nSPS) is 18.8. The summed E-state index contributed by atoms with van der Waals surface area (Å²) in [5.74, 6) is 0. The zero-order valence-corrected chi connectivity index (χ0v) is 10.9. The van der Waals surface area contributed by atoms with Gasteiger partial charge in [0.15, 0.2) is 0 Å². The number of aliphatic hydroxyl groups excluding tert-OH is 1. The Morgan fingerprint density at radius 3 is 2.78 bits per heavy atom. The molecular weight excluding hydrogens is 228 g/mol. The van der Waals surface area contributed by atoms with Crippen LogP contribution in [0.4, 0.5) is 5.69 Å². The van der Waals surface area contributed by atoms with Crippen LogP contribution in [0.25, 0.3) is 0 Å². The van der Waals surface area contributed by atoms with Crippen molar-refractivity contribution < 1.29 is 9.84 Å². The zero-order chi connectivity index (χ0) is 13.0. The molecule has 1 fully saturated rings. The minimum absolute atomic E-state index is 0.434. The third kappa shape index (κ3) is 3.45. The first-order valence-electron chi connectivity index (χ1n) is 6.51. The predicted molar refractivity (Wildman–Crippen MR) is 72.4 cm³/mol. The van der Waals surface area contributed by atoms with Crippen molar-refractivity contribution in [2.24, 2.45) is 0 Å². The molecule has 4 nitrogen and oxygen atoms in total. The third-order valence-corrected chi connectivity index (χ3v) is 3.51. The van der Waals surface area contributed by atoms with E-state index in [-0.39, 0.29) is 0 Å². The number of hydrogen-bond donors (Lipinski definition) is 2.